The van der Waals surface area contributed by atoms with Crippen molar-refractivity contribution < 1.29 is 27.9 Å². The lowest BCUT2D eigenvalue weighted by molar-refractivity contribution is -0.341. The van der Waals surface area contributed by atoms with Crippen LogP contribution in [0, 0.1) is 11.6 Å². The van der Waals surface area contributed by atoms with Crippen LogP contribution in [0.4, 0.5) is 14.6 Å². The summed E-state index contributed by atoms with van der Waals surface area (Å²) in [6.07, 6.45) is 2.11. The average molecular weight is 513 g/mol. The van der Waals surface area contributed by atoms with Gasteiger partial charge in [-0.25, -0.2) is 18.7 Å². The molecule has 1 aliphatic rings. The molecule has 12 heteroatoms. The molecule has 0 unspecified atom stereocenters. The lowest BCUT2D eigenvalue weighted by Crippen LogP contribution is -2.45. The first-order chi connectivity index (χ1) is 17.8. The van der Waals surface area contributed by atoms with E-state index in [2.05, 4.69) is 25.5 Å². The van der Waals surface area contributed by atoms with Crippen LogP contribution in [0.3, 0.4) is 0 Å². The van der Waals surface area contributed by atoms with Gasteiger partial charge in [-0.1, -0.05) is 23.4 Å². The van der Waals surface area contributed by atoms with Crippen LogP contribution in [0.25, 0.3) is 22.9 Å². The van der Waals surface area contributed by atoms with E-state index in [1.807, 2.05) is 0 Å². The fraction of sp³-hybridized carbons (Fsp3) is 0.360. The molecule has 1 aromatic carbocycles. The number of nitrogens with one attached hydrogen (secondary N) is 1. The van der Waals surface area contributed by atoms with Crippen molar-refractivity contribution in [3.63, 3.8) is 0 Å². The third-order valence-electron chi connectivity index (χ3n) is 5.82. The van der Waals surface area contributed by atoms with E-state index in [1.54, 1.807) is 48.9 Å². The van der Waals surface area contributed by atoms with E-state index in [0.29, 0.717) is 42.0 Å². The van der Waals surface area contributed by atoms with Gasteiger partial charge in [0, 0.05) is 24.6 Å². The third kappa shape index (κ3) is 5.82. The zero-order valence-electron chi connectivity index (χ0n) is 20.3. The van der Waals surface area contributed by atoms with Gasteiger partial charge in [0.25, 0.3) is 0 Å². The molecule has 1 saturated heterocycles. The Labute approximate surface area is 211 Å². The predicted octanol–water partition coefficient (Wildman–Crippen LogP) is 3.98. The minimum atomic E-state index is -0.922. The van der Waals surface area contributed by atoms with Crippen molar-refractivity contribution in [2.75, 3.05) is 11.9 Å². The molecular formula is C25H26F2N6O4. The van der Waals surface area contributed by atoms with Gasteiger partial charge in [-0.3, -0.25) is 4.68 Å². The van der Waals surface area contributed by atoms with Gasteiger partial charge < -0.3 is 24.4 Å². The van der Waals surface area contributed by atoms with E-state index in [0.717, 1.165) is 6.20 Å². The molecule has 194 valence electrons. The molecule has 37 heavy (non-hydrogen) atoms. The number of anilines is 1. The lowest BCUT2D eigenvalue weighted by atomic mass is 10.1. The van der Waals surface area contributed by atoms with Crippen LogP contribution >= 0.6 is 0 Å². The zero-order chi connectivity index (χ0) is 26.0. The molecule has 10 nitrogen and oxygen atoms in total. The van der Waals surface area contributed by atoms with Gasteiger partial charge in [-0.05, 0) is 32.4 Å². The van der Waals surface area contributed by atoms with Gasteiger partial charge in [0.1, 0.15) is 23.5 Å². The Bertz CT molecular complexity index is 1360. The van der Waals surface area contributed by atoms with E-state index < -0.39 is 17.9 Å². The number of aromatic nitrogens is 5. The fourth-order valence-corrected chi connectivity index (χ4v) is 4.21. The minimum Gasteiger partial charge on any atom is -0.368 e. The van der Waals surface area contributed by atoms with E-state index in [1.165, 1.54) is 12.3 Å². The van der Waals surface area contributed by atoms with Crippen LogP contribution in [0.2, 0.25) is 0 Å². The Kier molecular flexibility index (Phi) is 6.96. The Morgan fingerprint density at radius 1 is 1.14 bits per heavy atom. The third-order valence-corrected chi connectivity index (χ3v) is 5.82. The Balaban J connectivity index is 1.36. The first kappa shape index (κ1) is 24.9. The number of hydrogen-bond acceptors (Lipinski definition) is 9. The highest BCUT2D eigenvalue weighted by Gasteiger charge is 2.34. The number of ether oxygens (including phenoxy) is 2. The molecule has 0 amide bonds. The summed E-state index contributed by atoms with van der Waals surface area (Å²) < 4.78 is 46.5. The Morgan fingerprint density at radius 3 is 2.73 bits per heavy atom. The number of aliphatic hydroxyl groups is 1. The maximum atomic E-state index is 14.5. The standard InChI is InChI=1S/C25H26F2N6O4/c1-25(2)36-16(11-22(34)37-25)7-9-28-23-18(27)13-29-24(30-23)20-12-21(19-8-10-35-32-19)33(31-20)14-15-5-3-4-6-17(15)26/h3-6,8,10,12-13,16,22,34H,7,9,11,14H2,1-2H3,(H,28,29,30)/t16-,22+/m1/s1. The molecule has 2 atom stereocenters. The second-order valence-corrected chi connectivity index (χ2v) is 9.10. The number of benzene rings is 1. The molecule has 0 radical (unpaired) electrons. The van der Waals surface area contributed by atoms with E-state index in [9.17, 15) is 13.9 Å². The van der Waals surface area contributed by atoms with Gasteiger partial charge in [0.15, 0.2) is 29.5 Å². The maximum absolute atomic E-state index is 14.5. The van der Waals surface area contributed by atoms with Crippen LogP contribution in [0.1, 0.15) is 32.3 Å². The van der Waals surface area contributed by atoms with Crippen LogP contribution in [-0.2, 0) is 16.0 Å². The van der Waals surface area contributed by atoms with Gasteiger partial charge in [0.05, 0.1) is 24.5 Å². The van der Waals surface area contributed by atoms with Crippen LogP contribution < -0.4 is 5.32 Å². The number of rotatable bonds is 8. The topological polar surface area (TPSA) is 120 Å². The lowest BCUT2D eigenvalue weighted by Gasteiger charge is -2.38. The quantitative estimate of drug-likeness (QED) is 0.361. The highest BCUT2D eigenvalue weighted by Crippen LogP contribution is 2.28. The molecule has 0 saturated carbocycles. The van der Waals surface area contributed by atoms with Crippen molar-refractivity contribution in [2.24, 2.45) is 0 Å². The normalized spacial score (nSPS) is 19.2. The van der Waals surface area contributed by atoms with Crippen molar-refractivity contribution in [3.05, 3.63) is 66.1 Å². The second-order valence-electron chi connectivity index (χ2n) is 9.10. The number of nitrogens with zero attached hydrogens (tertiary/aromatic N) is 5. The molecule has 1 aliphatic heterocycles. The fourth-order valence-electron chi connectivity index (χ4n) is 4.21. The zero-order valence-corrected chi connectivity index (χ0v) is 20.3. The van der Waals surface area contributed by atoms with Gasteiger partial charge in [0.2, 0.25) is 0 Å². The highest BCUT2D eigenvalue weighted by atomic mass is 19.1. The van der Waals surface area contributed by atoms with Crippen LogP contribution in [-0.4, -0.2) is 54.7 Å². The first-order valence-corrected chi connectivity index (χ1v) is 11.8. The smallest absolute Gasteiger partial charge is 0.183 e. The molecular weight excluding hydrogens is 486 g/mol. The molecule has 0 spiro atoms. The average Bonchev–Trinajstić information content (AvgIpc) is 3.51. The van der Waals surface area contributed by atoms with Crippen molar-refractivity contribution in [3.8, 4) is 22.9 Å². The molecule has 1 fully saturated rings. The summed E-state index contributed by atoms with van der Waals surface area (Å²) >= 11 is 0. The highest BCUT2D eigenvalue weighted by molar-refractivity contribution is 5.63. The van der Waals surface area contributed by atoms with Gasteiger partial charge in [-0.2, -0.15) is 5.10 Å². The maximum Gasteiger partial charge on any atom is 0.183 e. The van der Waals surface area contributed by atoms with E-state index >= 15 is 0 Å². The van der Waals surface area contributed by atoms with Gasteiger partial charge in [-0.15, -0.1) is 0 Å². The summed E-state index contributed by atoms with van der Waals surface area (Å²) in [6, 6.07) is 9.75. The molecule has 3 aromatic heterocycles. The van der Waals surface area contributed by atoms with Gasteiger partial charge >= 0.3 is 0 Å². The minimum absolute atomic E-state index is 0.00325. The number of halogens is 2. The number of hydrogen-bond donors (Lipinski definition) is 2. The Hall–Kier alpha value is -3.74. The number of aliphatic hydroxyl groups excluding tert-OH is 1. The Morgan fingerprint density at radius 2 is 1.97 bits per heavy atom. The van der Waals surface area contributed by atoms with Crippen LogP contribution in [0.15, 0.2) is 53.4 Å². The van der Waals surface area contributed by atoms with Crippen molar-refractivity contribution in [1.82, 2.24) is 24.9 Å². The molecule has 0 aliphatic carbocycles. The summed E-state index contributed by atoms with van der Waals surface area (Å²) in [7, 11) is 0. The molecule has 5 rings (SSSR count). The second kappa shape index (κ2) is 10.3. The molecule has 0 bridgehead atoms. The summed E-state index contributed by atoms with van der Waals surface area (Å²) in [5.74, 6) is -1.71. The van der Waals surface area contributed by atoms with Crippen molar-refractivity contribution in [1.29, 1.82) is 0 Å². The van der Waals surface area contributed by atoms with Crippen LogP contribution in [0.5, 0.6) is 0 Å². The SMILES string of the molecule is CC1(C)O[C@H](CCNc2nc(-c3cc(-c4ccon4)n(Cc4ccccc4F)n3)ncc2F)C[C@@H](O)O1. The largest absolute Gasteiger partial charge is 0.368 e. The van der Waals surface area contributed by atoms with E-state index in [4.69, 9.17) is 14.0 Å². The summed E-state index contributed by atoms with van der Waals surface area (Å²) in [4.78, 5) is 8.43. The first-order valence-electron chi connectivity index (χ1n) is 11.8. The molecule has 4 heterocycles. The van der Waals surface area contributed by atoms with Crippen molar-refractivity contribution >= 4 is 5.82 Å². The predicted molar refractivity (Wildman–Crippen MR) is 128 cm³/mol. The molecule has 2 N–H and O–H groups in total. The summed E-state index contributed by atoms with van der Waals surface area (Å²) in [6.45, 7) is 3.93. The van der Waals surface area contributed by atoms with E-state index in [-0.39, 0.29) is 30.1 Å². The summed E-state index contributed by atoms with van der Waals surface area (Å²) in [5.41, 5.74) is 1.85. The summed E-state index contributed by atoms with van der Waals surface area (Å²) in [5, 5.41) is 21.4. The molecule has 4 aromatic rings. The monoisotopic (exact) mass is 512 g/mol. The van der Waals surface area contributed by atoms with Crippen molar-refractivity contribution in [2.45, 2.75) is 51.4 Å².